The van der Waals surface area contributed by atoms with Gasteiger partial charge < -0.3 is 19.3 Å². The van der Waals surface area contributed by atoms with E-state index in [-0.39, 0.29) is 23.8 Å². The highest BCUT2D eigenvalue weighted by Gasteiger charge is 2.42. The van der Waals surface area contributed by atoms with E-state index < -0.39 is 21.2 Å². The molecule has 0 saturated carbocycles. The van der Waals surface area contributed by atoms with Crippen LogP contribution in [0.5, 0.6) is 11.5 Å². The molecule has 7 nitrogen and oxygen atoms in total. The highest BCUT2D eigenvalue weighted by atomic mass is 32.2. The second-order valence-electron chi connectivity index (χ2n) is 11.2. The molecule has 212 valence electrons. The van der Waals surface area contributed by atoms with Crippen LogP contribution in [0.25, 0.3) is 11.1 Å². The molecule has 2 heterocycles. The fourth-order valence-electron chi connectivity index (χ4n) is 5.68. The van der Waals surface area contributed by atoms with Crippen molar-refractivity contribution in [2.75, 3.05) is 31.3 Å². The van der Waals surface area contributed by atoms with E-state index in [9.17, 15) is 18.3 Å². The number of carboxylic acids is 1. The van der Waals surface area contributed by atoms with Gasteiger partial charge in [0, 0.05) is 0 Å². The van der Waals surface area contributed by atoms with E-state index in [1.807, 2.05) is 36.4 Å². The van der Waals surface area contributed by atoms with Crippen LogP contribution in [0.4, 0.5) is 0 Å². The minimum Gasteiger partial charge on any atom is -0.493 e. The molecule has 2 fully saturated rings. The molecular formula is C32H36O7S. The van der Waals surface area contributed by atoms with Crippen LogP contribution < -0.4 is 9.47 Å². The SMILES string of the molecule is Cc1cc(OCC2CCS(=O)(=O)CC2)cc(C)c1-c1cccc(COc2ccc(C3(CC(=O)O)COC3)cc2)c1. The summed E-state index contributed by atoms with van der Waals surface area (Å²) in [6, 6.07) is 20.1. The molecule has 2 aliphatic heterocycles. The molecule has 2 aliphatic rings. The van der Waals surface area contributed by atoms with Crippen molar-refractivity contribution < 1.29 is 32.5 Å². The zero-order valence-electron chi connectivity index (χ0n) is 23.0. The molecule has 3 aromatic carbocycles. The fraction of sp³-hybridized carbons (Fsp3) is 0.406. The maximum Gasteiger partial charge on any atom is 0.304 e. The number of sulfone groups is 1. The highest BCUT2D eigenvalue weighted by Crippen LogP contribution is 2.37. The summed E-state index contributed by atoms with van der Waals surface area (Å²) in [6.07, 6.45) is 1.38. The Bertz CT molecular complexity index is 1440. The zero-order chi connectivity index (χ0) is 28.3. The molecule has 0 aromatic heterocycles. The molecular weight excluding hydrogens is 528 g/mol. The Balaban J connectivity index is 1.22. The lowest BCUT2D eigenvalue weighted by atomic mass is 9.76. The minimum absolute atomic E-state index is 0.0544. The van der Waals surface area contributed by atoms with E-state index in [0.717, 1.165) is 44.9 Å². The third-order valence-corrected chi connectivity index (χ3v) is 9.72. The first kappa shape index (κ1) is 28.2. The normalized spacial score (nSPS) is 18.1. The number of benzene rings is 3. The monoisotopic (exact) mass is 564 g/mol. The first-order valence-electron chi connectivity index (χ1n) is 13.7. The van der Waals surface area contributed by atoms with Gasteiger partial charge in [0.05, 0.1) is 43.2 Å². The fourth-order valence-corrected chi connectivity index (χ4v) is 7.27. The molecule has 0 aliphatic carbocycles. The lowest BCUT2D eigenvalue weighted by Crippen LogP contribution is -2.48. The number of rotatable bonds is 10. The third-order valence-electron chi connectivity index (χ3n) is 8.00. The number of carbonyl (C=O) groups is 1. The summed E-state index contributed by atoms with van der Waals surface area (Å²) in [7, 11) is -2.87. The summed E-state index contributed by atoms with van der Waals surface area (Å²) in [4.78, 5) is 11.3. The smallest absolute Gasteiger partial charge is 0.304 e. The zero-order valence-corrected chi connectivity index (χ0v) is 23.8. The van der Waals surface area contributed by atoms with Gasteiger partial charge in [0.15, 0.2) is 0 Å². The number of hydrogen-bond donors (Lipinski definition) is 1. The highest BCUT2D eigenvalue weighted by molar-refractivity contribution is 7.91. The van der Waals surface area contributed by atoms with E-state index >= 15 is 0 Å². The number of carboxylic acid groups (broad SMARTS) is 1. The second kappa shape index (κ2) is 11.6. The van der Waals surface area contributed by atoms with Gasteiger partial charge in [-0.15, -0.1) is 0 Å². The molecule has 5 rings (SSSR count). The Morgan fingerprint density at radius 1 is 0.950 bits per heavy atom. The predicted octanol–water partition coefficient (Wildman–Crippen LogP) is 5.50. The van der Waals surface area contributed by atoms with Gasteiger partial charge in [0.25, 0.3) is 0 Å². The van der Waals surface area contributed by atoms with Crippen LogP contribution in [-0.4, -0.2) is 50.8 Å². The number of aryl methyl sites for hydroxylation is 2. The van der Waals surface area contributed by atoms with Crippen LogP contribution in [0, 0.1) is 19.8 Å². The van der Waals surface area contributed by atoms with Gasteiger partial charge in [0.2, 0.25) is 0 Å². The van der Waals surface area contributed by atoms with Gasteiger partial charge >= 0.3 is 5.97 Å². The maximum absolute atomic E-state index is 11.7. The van der Waals surface area contributed by atoms with Crippen molar-refractivity contribution in [2.24, 2.45) is 5.92 Å². The Morgan fingerprint density at radius 3 is 2.23 bits per heavy atom. The number of hydrogen-bond acceptors (Lipinski definition) is 6. The quantitative estimate of drug-likeness (QED) is 0.347. The predicted molar refractivity (Wildman–Crippen MR) is 154 cm³/mol. The van der Waals surface area contributed by atoms with Crippen LogP contribution >= 0.6 is 0 Å². The van der Waals surface area contributed by atoms with Crippen LogP contribution in [0.2, 0.25) is 0 Å². The van der Waals surface area contributed by atoms with Crippen molar-refractivity contribution in [3.05, 3.63) is 82.9 Å². The van der Waals surface area contributed by atoms with E-state index in [1.165, 1.54) is 0 Å². The minimum atomic E-state index is -2.87. The van der Waals surface area contributed by atoms with Gasteiger partial charge in [-0.05, 0) is 96.3 Å². The Hall–Kier alpha value is -3.36. The Morgan fingerprint density at radius 2 is 1.62 bits per heavy atom. The standard InChI is InChI=1S/C32H36O7S/c1-22-14-29(39-18-24-10-12-40(35,36)13-11-24)15-23(2)31(22)26-5-3-4-25(16-26)19-38-28-8-6-27(7-9-28)32(17-30(33)34)20-37-21-32/h3-9,14-16,24H,10-13,17-21H2,1-2H3,(H,33,34). The van der Waals surface area contributed by atoms with E-state index in [1.54, 1.807) is 0 Å². The van der Waals surface area contributed by atoms with Crippen molar-refractivity contribution in [1.82, 2.24) is 0 Å². The molecule has 40 heavy (non-hydrogen) atoms. The molecule has 0 atom stereocenters. The number of aliphatic carboxylic acids is 1. The van der Waals surface area contributed by atoms with Crippen molar-refractivity contribution >= 4 is 15.8 Å². The van der Waals surface area contributed by atoms with Gasteiger partial charge in [0.1, 0.15) is 27.9 Å². The summed E-state index contributed by atoms with van der Waals surface area (Å²) >= 11 is 0. The van der Waals surface area contributed by atoms with Gasteiger partial charge in [-0.25, -0.2) is 8.42 Å². The molecule has 8 heteroatoms. The molecule has 0 spiro atoms. The third kappa shape index (κ3) is 6.50. The Kier molecular flexibility index (Phi) is 8.19. The summed E-state index contributed by atoms with van der Waals surface area (Å²) in [6.45, 7) is 5.95. The average molecular weight is 565 g/mol. The molecule has 1 N–H and O–H groups in total. The first-order valence-corrected chi connectivity index (χ1v) is 15.5. The van der Waals surface area contributed by atoms with Gasteiger partial charge in [-0.1, -0.05) is 30.3 Å². The van der Waals surface area contributed by atoms with E-state index in [0.29, 0.717) is 39.3 Å². The first-order chi connectivity index (χ1) is 19.1. The Labute approximate surface area is 236 Å². The maximum atomic E-state index is 11.7. The van der Waals surface area contributed by atoms with Crippen LogP contribution in [0.3, 0.4) is 0 Å². The molecule has 3 aromatic rings. The van der Waals surface area contributed by atoms with Crippen molar-refractivity contribution in [3.63, 3.8) is 0 Å². The van der Waals surface area contributed by atoms with Crippen molar-refractivity contribution in [3.8, 4) is 22.6 Å². The van der Waals surface area contributed by atoms with E-state index in [4.69, 9.17) is 14.2 Å². The lowest BCUT2D eigenvalue weighted by molar-refractivity contribution is -0.145. The molecule has 2 saturated heterocycles. The molecule has 0 amide bonds. The lowest BCUT2D eigenvalue weighted by Gasteiger charge is -2.40. The van der Waals surface area contributed by atoms with Gasteiger partial charge in [-0.2, -0.15) is 0 Å². The number of ether oxygens (including phenoxy) is 3. The van der Waals surface area contributed by atoms with Crippen LogP contribution in [0.15, 0.2) is 60.7 Å². The topological polar surface area (TPSA) is 99.1 Å². The largest absolute Gasteiger partial charge is 0.493 e. The average Bonchev–Trinajstić information content (AvgIpc) is 2.89. The van der Waals surface area contributed by atoms with Gasteiger partial charge in [-0.3, -0.25) is 4.79 Å². The van der Waals surface area contributed by atoms with Crippen molar-refractivity contribution in [2.45, 2.75) is 45.1 Å². The second-order valence-corrected chi connectivity index (χ2v) is 13.5. The molecule has 0 radical (unpaired) electrons. The summed E-state index contributed by atoms with van der Waals surface area (Å²) in [5.41, 5.74) is 6.05. The molecule has 0 bridgehead atoms. The van der Waals surface area contributed by atoms with E-state index in [2.05, 4.69) is 38.1 Å². The molecule has 0 unspecified atom stereocenters. The van der Waals surface area contributed by atoms with Crippen molar-refractivity contribution in [1.29, 1.82) is 0 Å². The van der Waals surface area contributed by atoms with Crippen LogP contribution in [-0.2, 0) is 31.4 Å². The summed E-state index contributed by atoms with van der Waals surface area (Å²) in [5.74, 6) is 1.50. The summed E-state index contributed by atoms with van der Waals surface area (Å²) in [5, 5.41) is 9.28. The summed E-state index contributed by atoms with van der Waals surface area (Å²) < 4.78 is 40.8. The van der Waals surface area contributed by atoms with Crippen LogP contribution in [0.1, 0.15) is 41.5 Å².